The number of rotatable bonds is 1. The fraction of sp³-hybridized carbons (Fsp3) is 0.381. The number of ketones is 2. The Morgan fingerprint density at radius 3 is 2.42 bits per heavy atom. The van der Waals surface area contributed by atoms with Crippen molar-refractivity contribution in [3.05, 3.63) is 46.2 Å². The Hall–Kier alpha value is -3.38. The van der Waals surface area contributed by atoms with Crippen molar-refractivity contribution in [1.29, 1.82) is 0 Å². The van der Waals surface area contributed by atoms with Crippen LogP contribution in [-0.2, 0) is 14.4 Å². The predicted octanol–water partition coefficient (Wildman–Crippen LogP) is 1.11. The molecule has 33 heavy (non-hydrogen) atoms. The predicted molar refractivity (Wildman–Crippen MR) is 102 cm³/mol. The molecule has 4 rings (SSSR count). The Bertz CT molecular complexity index is 1170. The van der Waals surface area contributed by atoms with Gasteiger partial charge in [0.25, 0.3) is 5.91 Å². The fourth-order valence-corrected chi connectivity index (χ4v) is 5.13. The van der Waals surface area contributed by atoms with Crippen molar-refractivity contribution < 1.29 is 53.1 Å². The van der Waals surface area contributed by atoms with Crippen LogP contribution in [0.15, 0.2) is 35.1 Å². The zero-order valence-electron chi connectivity index (χ0n) is 16.8. The quantitative estimate of drug-likeness (QED) is 0.263. The molecule has 1 aromatic rings. The topological polar surface area (TPSA) is 164 Å². The molecule has 1 amide bonds. The van der Waals surface area contributed by atoms with Crippen LogP contribution in [0.4, 0.5) is 13.2 Å². The summed E-state index contributed by atoms with van der Waals surface area (Å²) in [5.41, 5.74) is -5.00. The number of alkyl halides is 3. The van der Waals surface area contributed by atoms with E-state index in [0.29, 0.717) is 10.9 Å². The molecule has 6 N–H and O–H groups in total. The van der Waals surface area contributed by atoms with Crippen LogP contribution in [0.5, 0.6) is 5.75 Å². The second-order valence-corrected chi connectivity index (χ2v) is 8.31. The third kappa shape index (κ3) is 3.04. The number of Topliss-reactive ketones (excluding diaryl/α,β-unsaturated/α-hetero) is 2. The Balaban J connectivity index is 1.93. The molecule has 5 atom stereocenters. The van der Waals surface area contributed by atoms with E-state index in [1.54, 1.807) is 6.92 Å². The average Bonchev–Trinajstić information content (AvgIpc) is 2.69. The summed E-state index contributed by atoms with van der Waals surface area (Å²) in [5, 5.41) is 54.2. The van der Waals surface area contributed by atoms with E-state index in [1.807, 2.05) is 0 Å². The Labute approximate surface area is 183 Å². The molecule has 3 aliphatic rings. The molecule has 0 aromatic heterocycles. The largest absolute Gasteiger partial charge is 0.508 e. The summed E-state index contributed by atoms with van der Waals surface area (Å²) in [5.74, 6) is -11.2. The highest BCUT2D eigenvalue weighted by Crippen LogP contribution is 2.55. The lowest BCUT2D eigenvalue weighted by Crippen LogP contribution is -2.64. The number of aliphatic hydroxyl groups excluding tert-OH is 3. The second-order valence-electron chi connectivity index (χ2n) is 8.31. The SMILES string of the molecule is C[C@H]1c2cccc(O)c2C(O)=C2C(=O)[C@]3(O)C(O)=C(C(=O)NC(F)(F)F)C(=O)C[C@@H]3[C@@H](O)[C@@H]21. The van der Waals surface area contributed by atoms with Crippen molar-refractivity contribution in [2.75, 3.05) is 0 Å². The highest BCUT2D eigenvalue weighted by atomic mass is 19.4. The van der Waals surface area contributed by atoms with Gasteiger partial charge < -0.3 is 25.5 Å². The highest BCUT2D eigenvalue weighted by Gasteiger charge is 2.65. The molecule has 12 heteroatoms. The minimum absolute atomic E-state index is 0.149. The first-order chi connectivity index (χ1) is 15.2. The lowest BCUT2D eigenvalue weighted by atomic mass is 9.55. The molecule has 0 aliphatic heterocycles. The summed E-state index contributed by atoms with van der Waals surface area (Å²) in [4.78, 5) is 37.8. The van der Waals surface area contributed by atoms with Gasteiger partial charge in [0.2, 0.25) is 5.78 Å². The smallest absolute Gasteiger partial charge is 0.484 e. The van der Waals surface area contributed by atoms with Gasteiger partial charge in [-0.3, -0.25) is 19.7 Å². The number of benzene rings is 1. The number of phenols is 1. The van der Waals surface area contributed by atoms with E-state index in [4.69, 9.17) is 0 Å². The molecule has 1 saturated carbocycles. The number of nitrogens with one attached hydrogen (secondary N) is 1. The monoisotopic (exact) mass is 469 g/mol. The summed E-state index contributed by atoms with van der Waals surface area (Å²) in [6.45, 7) is 1.57. The lowest BCUT2D eigenvalue weighted by molar-refractivity contribution is -0.169. The minimum Gasteiger partial charge on any atom is -0.508 e. The number of carbonyl (C=O) groups excluding carboxylic acids is 3. The molecule has 1 fully saturated rings. The van der Waals surface area contributed by atoms with Gasteiger partial charge in [0.05, 0.1) is 11.7 Å². The molecular weight excluding hydrogens is 451 g/mol. The number of aliphatic hydroxyl groups is 4. The second kappa shape index (κ2) is 7.06. The molecule has 176 valence electrons. The van der Waals surface area contributed by atoms with Gasteiger partial charge in [-0.2, -0.15) is 13.2 Å². The number of hydrogen-bond donors (Lipinski definition) is 6. The van der Waals surface area contributed by atoms with Crippen LogP contribution in [0.2, 0.25) is 0 Å². The summed E-state index contributed by atoms with van der Waals surface area (Å²) in [7, 11) is 0. The van der Waals surface area contributed by atoms with E-state index in [2.05, 4.69) is 0 Å². The number of hydrogen-bond acceptors (Lipinski definition) is 8. The van der Waals surface area contributed by atoms with E-state index in [0.717, 1.165) is 0 Å². The number of halogens is 3. The number of phenolic OH excluding ortho intramolecular Hbond substituents is 1. The molecule has 0 unspecified atom stereocenters. The van der Waals surface area contributed by atoms with Gasteiger partial charge >= 0.3 is 6.30 Å². The molecule has 0 spiro atoms. The van der Waals surface area contributed by atoms with Crippen molar-refractivity contribution in [2.45, 2.75) is 37.3 Å². The number of amides is 1. The average molecular weight is 469 g/mol. The first-order valence-corrected chi connectivity index (χ1v) is 9.78. The van der Waals surface area contributed by atoms with E-state index in [-0.39, 0.29) is 5.56 Å². The normalized spacial score (nSPS) is 31.7. The van der Waals surface area contributed by atoms with Gasteiger partial charge in [-0.05, 0) is 17.5 Å². The molecular formula is C21H18F3NO8. The van der Waals surface area contributed by atoms with Gasteiger partial charge in [-0.15, -0.1) is 0 Å². The third-order valence-electron chi connectivity index (χ3n) is 6.60. The van der Waals surface area contributed by atoms with Gasteiger partial charge in [0, 0.05) is 23.8 Å². The Morgan fingerprint density at radius 2 is 1.82 bits per heavy atom. The van der Waals surface area contributed by atoms with Crippen LogP contribution >= 0.6 is 0 Å². The van der Waals surface area contributed by atoms with Crippen molar-refractivity contribution in [2.24, 2.45) is 11.8 Å². The summed E-state index contributed by atoms with van der Waals surface area (Å²) < 4.78 is 37.8. The zero-order valence-corrected chi connectivity index (χ0v) is 16.8. The first-order valence-electron chi connectivity index (χ1n) is 9.78. The third-order valence-corrected chi connectivity index (χ3v) is 6.60. The highest BCUT2D eigenvalue weighted by molar-refractivity contribution is 6.23. The van der Waals surface area contributed by atoms with E-state index in [1.165, 1.54) is 18.2 Å². The minimum atomic E-state index is -5.27. The standard InChI is InChI=1S/C21H18F3NO8/c1-6-7-3-2-4-9(26)12(7)16(29)14-11(6)15(28)8-5-10(27)13(19(32)25-21(22,23)24)17(30)20(8,33)18(14)31/h2-4,6,8,11,15,26,28-30,33H,5H2,1H3,(H,25,32)/t6-,8+,11+,15+,20+/m0/s1. The van der Waals surface area contributed by atoms with Crippen LogP contribution in [0, 0.1) is 11.8 Å². The van der Waals surface area contributed by atoms with E-state index in [9.17, 15) is 53.1 Å². The van der Waals surface area contributed by atoms with Gasteiger partial charge in [0.15, 0.2) is 11.4 Å². The molecule has 1 aromatic carbocycles. The van der Waals surface area contributed by atoms with Crippen molar-refractivity contribution >= 4 is 23.2 Å². The van der Waals surface area contributed by atoms with Crippen LogP contribution in [-0.4, -0.2) is 61.0 Å². The van der Waals surface area contributed by atoms with Crippen LogP contribution in [0.3, 0.4) is 0 Å². The molecule has 0 radical (unpaired) electrons. The van der Waals surface area contributed by atoms with Crippen LogP contribution in [0.1, 0.15) is 30.4 Å². The summed E-state index contributed by atoms with van der Waals surface area (Å²) >= 11 is 0. The maximum absolute atomic E-state index is 13.4. The molecule has 0 heterocycles. The van der Waals surface area contributed by atoms with Crippen LogP contribution < -0.4 is 5.32 Å². The Kier molecular flexibility index (Phi) is 4.88. The Morgan fingerprint density at radius 1 is 1.18 bits per heavy atom. The summed E-state index contributed by atoms with van der Waals surface area (Å²) in [6.07, 6.45) is -7.92. The molecule has 0 saturated heterocycles. The van der Waals surface area contributed by atoms with Crippen molar-refractivity contribution in [3.63, 3.8) is 0 Å². The number of carbonyl (C=O) groups is 3. The molecule has 9 nitrogen and oxygen atoms in total. The summed E-state index contributed by atoms with van der Waals surface area (Å²) in [6, 6.07) is 4.23. The van der Waals surface area contributed by atoms with Gasteiger partial charge in [-0.25, -0.2) is 0 Å². The molecule has 3 aliphatic carbocycles. The van der Waals surface area contributed by atoms with Crippen molar-refractivity contribution in [1.82, 2.24) is 5.32 Å². The van der Waals surface area contributed by atoms with Gasteiger partial charge in [-0.1, -0.05) is 19.1 Å². The lowest BCUT2D eigenvalue weighted by Gasteiger charge is -2.50. The van der Waals surface area contributed by atoms with Gasteiger partial charge in [0.1, 0.15) is 22.8 Å². The number of fused-ring (bicyclic) bond motifs is 3. The van der Waals surface area contributed by atoms with E-state index >= 15 is 0 Å². The number of aromatic hydroxyl groups is 1. The van der Waals surface area contributed by atoms with E-state index < -0.39 is 88.1 Å². The molecule has 0 bridgehead atoms. The fourth-order valence-electron chi connectivity index (χ4n) is 5.13. The maximum atomic E-state index is 13.4. The first kappa shape index (κ1) is 22.8. The van der Waals surface area contributed by atoms with Crippen LogP contribution in [0.25, 0.3) is 5.76 Å². The zero-order chi connectivity index (χ0) is 24.6. The van der Waals surface area contributed by atoms with Crippen molar-refractivity contribution in [3.8, 4) is 5.75 Å². The maximum Gasteiger partial charge on any atom is 0.484 e.